The molecule has 0 aliphatic carbocycles. The van der Waals surface area contributed by atoms with Crippen molar-refractivity contribution in [3.05, 3.63) is 101 Å². The molecule has 0 saturated carbocycles. The zero-order valence-corrected chi connectivity index (χ0v) is 20.5. The van der Waals surface area contributed by atoms with Gasteiger partial charge in [-0.05, 0) is 19.4 Å². The summed E-state index contributed by atoms with van der Waals surface area (Å²) < 4.78 is 1.83. The van der Waals surface area contributed by atoms with Gasteiger partial charge in [-0.2, -0.15) is 5.10 Å². The van der Waals surface area contributed by atoms with Crippen molar-refractivity contribution in [1.29, 1.82) is 0 Å². The summed E-state index contributed by atoms with van der Waals surface area (Å²) >= 11 is 0. The maximum atomic E-state index is 13.7. The molecule has 0 bridgehead atoms. The van der Waals surface area contributed by atoms with E-state index in [1.807, 2.05) is 42.1 Å². The van der Waals surface area contributed by atoms with Gasteiger partial charge in [0, 0.05) is 50.3 Å². The Kier molecular flexibility index (Phi) is 6.58. The third kappa shape index (κ3) is 5.02. The number of carbonyl (C=O) groups excluding carboxylic acids is 2. The first-order valence-corrected chi connectivity index (χ1v) is 12.0. The molecule has 2 aromatic carbocycles. The summed E-state index contributed by atoms with van der Waals surface area (Å²) in [5.74, 6) is -0.242. The molecule has 0 atom stereocenters. The van der Waals surface area contributed by atoms with E-state index in [1.54, 1.807) is 9.80 Å². The lowest BCUT2D eigenvalue weighted by molar-refractivity contribution is 0.0532. The summed E-state index contributed by atoms with van der Waals surface area (Å²) in [4.78, 5) is 38.0. The van der Waals surface area contributed by atoms with Crippen LogP contribution in [0, 0.1) is 13.8 Å². The molecule has 0 spiro atoms. The molecule has 1 aliphatic rings. The number of piperazine rings is 1. The molecule has 4 aromatic rings. The highest BCUT2D eigenvalue weighted by Crippen LogP contribution is 2.25. The molecule has 2 aromatic heterocycles. The molecular weight excluding hydrogens is 452 g/mol. The lowest BCUT2D eigenvalue weighted by Crippen LogP contribution is -2.50. The van der Waals surface area contributed by atoms with Gasteiger partial charge < -0.3 is 9.80 Å². The zero-order valence-electron chi connectivity index (χ0n) is 20.5. The summed E-state index contributed by atoms with van der Waals surface area (Å²) in [5.41, 5.74) is 5.93. The Hall–Kier alpha value is -4.33. The molecule has 2 amide bonds. The van der Waals surface area contributed by atoms with E-state index in [1.165, 1.54) is 24.2 Å². The van der Waals surface area contributed by atoms with Crippen LogP contribution in [0.25, 0.3) is 11.3 Å². The summed E-state index contributed by atoms with van der Waals surface area (Å²) in [5, 5.41) is 4.82. The number of amides is 2. The minimum atomic E-state index is -0.165. The summed E-state index contributed by atoms with van der Waals surface area (Å²) in [7, 11) is 0. The van der Waals surface area contributed by atoms with Gasteiger partial charge in [0.1, 0.15) is 11.4 Å². The molecule has 0 radical (unpaired) electrons. The fraction of sp³-hybridized carbons (Fsp3) is 0.250. The lowest BCUT2D eigenvalue weighted by Gasteiger charge is -2.34. The molecule has 5 rings (SSSR count). The Morgan fingerprint density at radius 2 is 1.42 bits per heavy atom. The molecule has 182 valence electrons. The minimum Gasteiger partial charge on any atom is -0.335 e. The SMILES string of the molecule is Cc1ccc(Cn2cc(C(=O)N3CCN(C(=O)c4cnccn4)CC3)c(-c3ccc(C)cc3)n2)cc1. The highest BCUT2D eigenvalue weighted by Gasteiger charge is 2.29. The molecular formula is C28H28N6O2. The summed E-state index contributed by atoms with van der Waals surface area (Å²) in [6.45, 7) is 6.45. The van der Waals surface area contributed by atoms with E-state index in [4.69, 9.17) is 5.10 Å². The topological polar surface area (TPSA) is 84.2 Å². The summed E-state index contributed by atoms with van der Waals surface area (Å²) in [6, 6.07) is 16.4. The third-order valence-corrected chi connectivity index (χ3v) is 6.42. The maximum absolute atomic E-state index is 13.7. The number of rotatable bonds is 5. The van der Waals surface area contributed by atoms with Gasteiger partial charge in [0.15, 0.2) is 0 Å². The van der Waals surface area contributed by atoms with Crippen molar-refractivity contribution in [1.82, 2.24) is 29.5 Å². The van der Waals surface area contributed by atoms with Crippen LogP contribution in [0.2, 0.25) is 0 Å². The van der Waals surface area contributed by atoms with Gasteiger partial charge in [-0.3, -0.25) is 19.3 Å². The number of aromatic nitrogens is 4. The fourth-order valence-electron chi connectivity index (χ4n) is 4.32. The Morgan fingerprint density at radius 3 is 2.03 bits per heavy atom. The largest absolute Gasteiger partial charge is 0.335 e. The van der Waals surface area contributed by atoms with Gasteiger partial charge in [0.25, 0.3) is 11.8 Å². The molecule has 8 heteroatoms. The van der Waals surface area contributed by atoms with Gasteiger partial charge in [-0.15, -0.1) is 0 Å². The number of benzene rings is 2. The van der Waals surface area contributed by atoms with E-state index in [9.17, 15) is 9.59 Å². The van der Waals surface area contributed by atoms with E-state index in [0.717, 1.165) is 16.7 Å². The van der Waals surface area contributed by atoms with Crippen molar-refractivity contribution >= 4 is 11.8 Å². The molecule has 3 heterocycles. The third-order valence-electron chi connectivity index (χ3n) is 6.42. The van der Waals surface area contributed by atoms with Crippen LogP contribution in [0.4, 0.5) is 0 Å². The first kappa shape index (κ1) is 23.4. The van der Waals surface area contributed by atoms with Crippen LogP contribution in [0.5, 0.6) is 0 Å². The van der Waals surface area contributed by atoms with Crippen LogP contribution in [0.15, 0.2) is 73.3 Å². The standard InChI is InChI=1S/C28H28N6O2/c1-20-3-7-22(8-4-20)18-34-19-24(26(31-34)23-9-5-21(2)6-10-23)27(35)32-13-15-33(16-14-32)28(36)25-17-29-11-12-30-25/h3-12,17,19H,13-16,18H2,1-2H3. The number of nitrogens with zero attached hydrogens (tertiary/aromatic N) is 6. The van der Waals surface area contributed by atoms with E-state index < -0.39 is 0 Å². The quantitative estimate of drug-likeness (QED) is 0.436. The smallest absolute Gasteiger partial charge is 0.274 e. The average Bonchev–Trinajstić information content (AvgIpc) is 3.34. The predicted octanol–water partition coefficient (Wildman–Crippen LogP) is 3.60. The molecule has 36 heavy (non-hydrogen) atoms. The fourth-order valence-corrected chi connectivity index (χ4v) is 4.32. The Balaban J connectivity index is 1.36. The van der Waals surface area contributed by atoms with Crippen molar-refractivity contribution in [3.63, 3.8) is 0 Å². The van der Waals surface area contributed by atoms with Crippen LogP contribution in [0.1, 0.15) is 37.5 Å². The van der Waals surface area contributed by atoms with Gasteiger partial charge >= 0.3 is 0 Å². The second-order valence-electron chi connectivity index (χ2n) is 9.12. The Labute approximate surface area is 210 Å². The number of carbonyl (C=O) groups is 2. The highest BCUT2D eigenvalue weighted by molar-refractivity contribution is 6.00. The second-order valence-corrected chi connectivity index (χ2v) is 9.12. The molecule has 0 N–H and O–H groups in total. The molecule has 1 fully saturated rings. The van der Waals surface area contributed by atoms with Crippen molar-refractivity contribution in [2.75, 3.05) is 26.2 Å². The average molecular weight is 481 g/mol. The van der Waals surface area contributed by atoms with Crippen LogP contribution in [-0.2, 0) is 6.54 Å². The first-order chi connectivity index (χ1) is 17.5. The monoisotopic (exact) mass is 480 g/mol. The molecule has 1 aliphatic heterocycles. The van der Waals surface area contributed by atoms with Gasteiger partial charge in [-0.1, -0.05) is 59.7 Å². The minimum absolute atomic E-state index is 0.0765. The highest BCUT2D eigenvalue weighted by atomic mass is 16.2. The summed E-state index contributed by atoms with van der Waals surface area (Å²) in [6.07, 6.45) is 6.36. The van der Waals surface area contributed by atoms with Crippen LogP contribution in [0.3, 0.4) is 0 Å². The number of hydrogen-bond donors (Lipinski definition) is 0. The van der Waals surface area contributed by atoms with Crippen LogP contribution < -0.4 is 0 Å². The van der Waals surface area contributed by atoms with Crippen molar-refractivity contribution in [2.24, 2.45) is 0 Å². The second kappa shape index (κ2) is 10.1. The van der Waals surface area contributed by atoms with E-state index >= 15 is 0 Å². The van der Waals surface area contributed by atoms with Gasteiger partial charge in [0.05, 0.1) is 18.3 Å². The van der Waals surface area contributed by atoms with Crippen molar-refractivity contribution in [3.8, 4) is 11.3 Å². The van der Waals surface area contributed by atoms with Gasteiger partial charge in [0.2, 0.25) is 0 Å². The lowest BCUT2D eigenvalue weighted by atomic mass is 10.1. The van der Waals surface area contributed by atoms with E-state index in [-0.39, 0.29) is 11.8 Å². The molecule has 1 saturated heterocycles. The van der Waals surface area contributed by atoms with Crippen molar-refractivity contribution < 1.29 is 9.59 Å². The maximum Gasteiger partial charge on any atom is 0.274 e. The Morgan fingerprint density at radius 1 is 0.806 bits per heavy atom. The Bertz CT molecular complexity index is 1360. The number of hydrogen-bond acceptors (Lipinski definition) is 5. The van der Waals surface area contributed by atoms with Crippen LogP contribution >= 0.6 is 0 Å². The predicted molar refractivity (Wildman–Crippen MR) is 137 cm³/mol. The van der Waals surface area contributed by atoms with Gasteiger partial charge in [-0.25, -0.2) is 4.98 Å². The molecule has 8 nitrogen and oxygen atoms in total. The normalized spacial score (nSPS) is 13.6. The van der Waals surface area contributed by atoms with E-state index in [0.29, 0.717) is 49.7 Å². The van der Waals surface area contributed by atoms with E-state index in [2.05, 4.69) is 41.2 Å². The van der Waals surface area contributed by atoms with Crippen molar-refractivity contribution in [2.45, 2.75) is 20.4 Å². The zero-order chi connectivity index (χ0) is 25.1. The molecule has 0 unspecified atom stereocenters. The first-order valence-electron chi connectivity index (χ1n) is 12.0. The van der Waals surface area contributed by atoms with Crippen LogP contribution in [-0.4, -0.2) is 67.5 Å². The number of aryl methyl sites for hydroxylation is 2.